The Morgan fingerprint density at radius 2 is 1.24 bits per heavy atom. The van der Waals surface area contributed by atoms with Gasteiger partial charge in [-0.1, -0.05) is 130 Å². The summed E-state index contributed by atoms with van der Waals surface area (Å²) in [4.78, 5) is 10.2. The zero-order chi connectivity index (χ0) is 24.4. The van der Waals surface area contributed by atoms with Crippen molar-refractivity contribution in [3.8, 4) is 0 Å². The first-order chi connectivity index (χ1) is 15.9. The van der Waals surface area contributed by atoms with Gasteiger partial charge in [0.25, 0.3) is 0 Å². The first kappa shape index (κ1) is 31.1. The molecule has 0 bridgehead atoms. The number of unbranched alkanes of at least 4 members (excludes halogenated alkanes) is 15. The minimum atomic E-state index is -3.95. The third-order valence-corrected chi connectivity index (χ3v) is 8.53. The number of phosphoric acid groups is 1. The minimum absolute atomic E-state index is 0.157. The number of phosphoric ester groups is 1. The van der Waals surface area contributed by atoms with Crippen LogP contribution in [0.5, 0.6) is 0 Å². The lowest BCUT2D eigenvalue weighted by Crippen LogP contribution is -2.33. The normalized spacial score (nSPS) is 23.2. The number of hydrogen-bond donors (Lipinski definition) is 1. The average molecular weight is 489 g/mol. The van der Waals surface area contributed by atoms with Crippen LogP contribution in [0.25, 0.3) is 0 Å². The van der Waals surface area contributed by atoms with E-state index in [1.165, 1.54) is 96.3 Å². The Balaban J connectivity index is 1.95. The van der Waals surface area contributed by atoms with Gasteiger partial charge in [-0.3, -0.25) is 9.05 Å². The molecule has 0 saturated heterocycles. The molecular weight excluding hydrogens is 431 g/mol. The molecule has 0 spiro atoms. The molecule has 1 rings (SSSR count). The molecule has 1 aliphatic rings. The summed E-state index contributed by atoms with van der Waals surface area (Å²) in [7, 11) is -3.95. The van der Waals surface area contributed by atoms with Crippen LogP contribution < -0.4 is 0 Å². The van der Waals surface area contributed by atoms with Crippen molar-refractivity contribution >= 4 is 7.82 Å². The van der Waals surface area contributed by atoms with Gasteiger partial charge in [-0.2, -0.15) is 0 Å². The Morgan fingerprint density at radius 3 is 1.70 bits per heavy atom. The van der Waals surface area contributed by atoms with E-state index >= 15 is 0 Å². The lowest BCUT2D eigenvalue weighted by atomic mass is 9.75. The van der Waals surface area contributed by atoms with Gasteiger partial charge in [-0.15, -0.1) is 0 Å². The Bertz CT molecular complexity index is 496. The summed E-state index contributed by atoms with van der Waals surface area (Å²) >= 11 is 0. The van der Waals surface area contributed by atoms with Crippen LogP contribution in [0, 0.1) is 17.8 Å². The quantitative estimate of drug-likeness (QED) is 0.129. The minimum Gasteiger partial charge on any atom is -0.302 e. The van der Waals surface area contributed by atoms with Crippen LogP contribution >= 0.6 is 7.82 Å². The van der Waals surface area contributed by atoms with Crippen LogP contribution in [0.1, 0.15) is 150 Å². The van der Waals surface area contributed by atoms with Crippen molar-refractivity contribution in [2.45, 2.75) is 156 Å². The lowest BCUT2D eigenvalue weighted by Gasteiger charge is -2.37. The van der Waals surface area contributed by atoms with E-state index in [2.05, 4.69) is 27.7 Å². The molecule has 0 aromatic rings. The predicted molar refractivity (Wildman–Crippen MR) is 142 cm³/mol. The topological polar surface area (TPSA) is 55.8 Å². The molecule has 0 radical (unpaired) electrons. The lowest BCUT2D eigenvalue weighted by molar-refractivity contribution is 0.0140. The van der Waals surface area contributed by atoms with Crippen molar-refractivity contribution in [2.75, 3.05) is 6.61 Å². The van der Waals surface area contributed by atoms with Crippen molar-refractivity contribution in [3.63, 3.8) is 0 Å². The highest BCUT2D eigenvalue weighted by molar-refractivity contribution is 7.47. The smallest absolute Gasteiger partial charge is 0.302 e. The molecule has 0 aromatic heterocycles. The summed E-state index contributed by atoms with van der Waals surface area (Å²) in [5.41, 5.74) is 0. The van der Waals surface area contributed by atoms with Gasteiger partial charge in [0.15, 0.2) is 0 Å². The maximum Gasteiger partial charge on any atom is 0.472 e. The van der Waals surface area contributed by atoms with E-state index in [0.29, 0.717) is 24.4 Å². The van der Waals surface area contributed by atoms with E-state index in [1.807, 2.05) is 0 Å². The average Bonchev–Trinajstić information content (AvgIpc) is 2.75. The van der Waals surface area contributed by atoms with Crippen molar-refractivity contribution < 1.29 is 18.5 Å². The molecule has 198 valence electrons. The number of rotatable bonds is 21. The van der Waals surface area contributed by atoms with Crippen molar-refractivity contribution in [3.05, 3.63) is 0 Å². The zero-order valence-electron chi connectivity index (χ0n) is 22.6. The van der Waals surface area contributed by atoms with Gasteiger partial charge in [0.1, 0.15) is 0 Å². The summed E-state index contributed by atoms with van der Waals surface area (Å²) in [6.07, 6.45) is 24.0. The predicted octanol–water partition coefficient (Wildman–Crippen LogP) is 9.84. The summed E-state index contributed by atoms with van der Waals surface area (Å²) in [5.74, 6) is 1.36. The Morgan fingerprint density at radius 1 is 0.788 bits per heavy atom. The summed E-state index contributed by atoms with van der Waals surface area (Å²) in [6, 6.07) is 0. The second-order valence-electron chi connectivity index (χ2n) is 11.1. The molecule has 1 saturated carbocycles. The molecule has 0 amide bonds. The van der Waals surface area contributed by atoms with Crippen LogP contribution in [-0.2, 0) is 13.6 Å². The van der Waals surface area contributed by atoms with Gasteiger partial charge in [0.2, 0.25) is 0 Å². The molecule has 5 heteroatoms. The molecule has 4 atom stereocenters. The third-order valence-electron chi connectivity index (χ3n) is 7.48. The molecule has 0 aromatic carbocycles. The zero-order valence-corrected chi connectivity index (χ0v) is 23.5. The van der Waals surface area contributed by atoms with Crippen molar-refractivity contribution in [1.82, 2.24) is 0 Å². The molecule has 1 N–H and O–H groups in total. The Kier molecular flexibility index (Phi) is 18.2. The van der Waals surface area contributed by atoms with Gasteiger partial charge in [-0.25, -0.2) is 4.57 Å². The van der Waals surface area contributed by atoms with Crippen LogP contribution in [0.2, 0.25) is 0 Å². The molecular formula is C28H57O4P. The van der Waals surface area contributed by atoms with Gasteiger partial charge in [0, 0.05) is 0 Å². The first-order valence-electron chi connectivity index (χ1n) is 14.5. The van der Waals surface area contributed by atoms with E-state index in [4.69, 9.17) is 9.05 Å². The summed E-state index contributed by atoms with van der Waals surface area (Å²) in [6.45, 7) is 9.15. The fraction of sp³-hybridized carbons (Fsp3) is 1.00. The van der Waals surface area contributed by atoms with E-state index in [1.54, 1.807) is 0 Å². The standard InChI is InChI=1S/C28H57O4P/c1-5-6-7-8-9-10-11-12-13-14-15-16-17-18-19-20-23-31-33(29,30)32-28-24-26(4)21-22-27(28)25(2)3/h25-28H,5-24H2,1-4H3,(H,29,30). The summed E-state index contributed by atoms with van der Waals surface area (Å²) in [5, 5.41) is 0. The summed E-state index contributed by atoms with van der Waals surface area (Å²) < 4.78 is 23.4. The maximum atomic E-state index is 12.4. The Labute approximate surface area is 206 Å². The second-order valence-corrected chi connectivity index (χ2v) is 12.5. The van der Waals surface area contributed by atoms with Gasteiger partial charge in [-0.05, 0) is 37.0 Å². The fourth-order valence-electron chi connectivity index (χ4n) is 5.27. The van der Waals surface area contributed by atoms with E-state index < -0.39 is 7.82 Å². The second kappa shape index (κ2) is 19.3. The fourth-order valence-corrected chi connectivity index (χ4v) is 6.27. The van der Waals surface area contributed by atoms with Crippen LogP contribution in [-0.4, -0.2) is 17.6 Å². The molecule has 1 fully saturated rings. The Hall–Kier alpha value is 0.110. The van der Waals surface area contributed by atoms with Crippen LogP contribution in [0.3, 0.4) is 0 Å². The van der Waals surface area contributed by atoms with Crippen molar-refractivity contribution in [2.24, 2.45) is 17.8 Å². The van der Waals surface area contributed by atoms with E-state index in [9.17, 15) is 9.46 Å². The molecule has 4 unspecified atom stereocenters. The third kappa shape index (κ3) is 16.4. The van der Waals surface area contributed by atoms with E-state index in [0.717, 1.165) is 25.7 Å². The molecule has 33 heavy (non-hydrogen) atoms. The maximum absolute atomic E-state index is 12.4. The molecule has 0 heterocycles. The van der Waals surface area contributed by atoms with Crippen LogP contribution in [0.15, 0.2) is 0 Å². The molecule has 0 aliphatic heterocycles. The molecule has 1 aliphatic carbocycles. The van der Waals surface area contributed by atoms with Gasteiger partial charge >= 0.3 is 7.82 Å². The van der Waals surface area contributed by atoms with Gasteiger partial charge in [0.05, 0.1) is 12.7 Å². The highest BCUT2D eigenvalue weighted by Gasteiger charge is 2.36. The monoisotopic (exact) mass is 488 g/mol. The highest BCUT2D eigenvalue weighted by Crippen LogP contribution is 2.49. The highest BCUT2D eigenvalue weighted by atomic mass is 31.2. The van der Waals surface area contributed by atoms with Crippen molar-refractivity contribution in [1.29, 1.82) is 0 Å². The van der Waals surface area contributed by atoms with Gasteiger partial charge < -0.3 is 4.89 Å². The largest absolute Gasteiger partial charge is 0.472 e. The van der Waals surface area contributed by atoms with Crippen LogP contribution in [0.4, 0.5) is 0 Å². The first-order valence-corrected chi connectivity index (χ1v) is 16.0. The SMILES string of the molecule is CCCCCCCCCCCCCCCCCCOP(=O)(O)OC1CC(C)CCC1C(C)C. The molecule has 4 nitrogen and oxygen atoms in total. The van der Waals surface area contributed by atoms with E-state index in [-0.39, 0.29) is 6.10 Å². The number of hydrogen-bond acceptors (Lipinski definition) is 3.